The highest BCUT2D eigenvalue weighted by atomic mass is 19.4. The van der Waals surface area contributed by atoms with Crippen LogP contribution in [0.15, 0.2) is 24.3 Å². The van der Waals surface area contributed by atoms with Gasteiger partial charge in [-0.1, -0.05) is 25.5 Å². The zero-order valence-corrected chi connectivity index (χ0v) is 9.59. The topological polar surface area (TPSA) is 32.3 Å². The van der Waals surface area contributed by atoms with Gasteiger partial charge in [-0.25, -0.2) is 0 Å². The Morgan fingerprint density at radius 1 is 1.24 bits per heavy atom. The van der Waals surface area contributed by atoms with E-state index in [1.807, 2.05) is 12.1 Å². The molecule has 0 fully saturated rings. The fourth-order valence-corrected chi connectivity index (χ4v) is 1.41. The molecule has 0 aliphatic rings. The number of hydrogen-bond donors (Lipinski definition) is 2. The molecule has 0 aromatic heterocycles. The van der Waals surface area contributed by atoms with Gasteiger partial charge in [-0.15, -0.1) is 0 Å². The van der Waals surface area contributed by atoms with Crippen molar-refractivity contribution < 1.29 is 18.3 Å². The molecule has 0 radical (unpaired) electrons. The smallest absolute Gasteiger partial charge is 0.382 e. The van der Waals surface area contributed by atoms with Gasteiger partial charge in [0.2, 0.25) is 0 Å². The van der Waals surface area contributed by atoms with E-state index in [0.717, 1.165) is 18.4 Å². The largest absolute Gasteiger partial charge is 0.416 e. The molecule has 0 aliphatic heterocycles. The average Bonchev–Trinajstić information content (AvgIpc) is 2.27. The van der Waals surface area contributed by atoms with Gasteiger partial charge in [0, 0.05) is 12.2 Å². The van der Waals surface area contributed by atoms with Crippen molar-refractivity contribution in [2.75, 3.05) is 11.9 Å². The molecule has 2 N–H and O–H groups in total. The summed E-state index contributed by atoms with van der Waals surface area (Å²) in [7, 11) is 0. The Balaban J connectivity index is 2.47. The van der Waals surface area contributed by atoms with Gasteiger partial charge < -0.3 is 10.4 Å². The highest BCUT2D eigenvalue weighted by Crippen LogP contribution is 2.20. The predicted molar refractivity (Wildman–Crippen MR) is 61.0 cm³/mol. The summed E-state index contributed by atoms with van der Waals surface area (Å²) in [6, 6.07) is 7.17. The van der Waals surface area contributed by atoms with Crippen LogP contribution < -0.4 is 5.32 Å². The minimum Gasteiger partial charge on any atom is -0.382 e. The third kappa shape index (κ3) is 4.65. The minimum absolute atomic E-state index is 0.531. The molecule has 0 amide bonds. The van der Waals surface area contributed by atoms with E-state index in [0.29, 0.717) is 5.69 Å². The third-order valence-electron chi connectivity index (χ3n) is 2.37. The van der Waals surface area contributed by atoms with E-state index < -0.39 is 18.8 Å². The second-order valence-corrected chi connectivity index (χ2v) is 3.89. The van der Waals surface area contributed by atoms with Gasteiger partial charge in [-0.2, -0.15) is 13.2 Å². The van der Waals surface area contributed by atoms with Crippen molar-refractivity contribution in [3.8, 4) is 0 Å². The molecule has 1 rings (SSSR count). The van der Waals surface area contributed by atoms with E-state index in [1.165, 1.54) is 0 Å². The van der Waals surface area contributed by atoms with Crippen LogP contribution in [0.3, 0.4) is 0 Å². The quantitative estimate of drug-likeness (QED) is 0.838. The molecule has 0 heterocycles. The first-order chi connectivity index (χ1) is 7.93. The summed E-state index contributed by atoms with van der Waals surface area (Å²) in [5.74, 6) is 0. The Kier molecular flexibility index (Phi) is 4.81. The summed E-state index contributed by atoms with van der Waals surface area (Å²) >= 11 is 0. The molecule has 1 aromatic carbocycles. The molecular weight excluding hydrogens is 231 g/mol. The first-order valence-electron chi connectivity index (χ1n) is 5.51. The van der Waals surface area contributed by atoms with Crippen LogP contribution in [0.2, 0.25) is 0 Å². The molecule has 0 spiro atoms. The van der Waals surface area contributed by atoms with Crippen LogP contribution in [-0.4, -0.2) is 23.9 Å². The lowest BCUT2D eigenvalue weighted by molar-refractivity contribution is -0.198. The molecule has 1 atom stereocenters. The number of aliphatic hydroxyl groups excluding tert-OH is 1. The molecule has 1 unspecified atom stereocenters. The van der Waals surface area contributed by atoms with E-state index in [2.05, 4.69) is 12.2 Å². The van der Waals surface area contributed by atoms with Gasteiger partial charge in [-0.3, -0.25) is 0 Å². The zero-order chi connectivity index (χ0) is 12.9. The fourth-order valence-electron chi connectivity index (χ4n) is 1.41. The van der Waals surface area contributed by atoms with E-state index in [9.17, 15) is 13.2 Å². The molecule has 96 valence electrons. The van der Waals surface area contributed by atoms with Gasteiger partial charge in [0.1, 0.15) is 0 Å². The lowest BCUT2D eigenvalue weighted by atomic mass is 10.1. The van der Waals surface area contributed by atoms with Gasteiger partial charge in [0.25, 0.3) is 0 Å². The van der Waals surface area contributed by atoms with Gasteiger partial charge >= 0.3 is 6.18 Å². The highest BCUT2D eigenvalue weighted by molar-refractivity contribution is 5.44. The van der Waals surface area contributed by atoms with Crippen LogP contribution in [0.5, 0.6) is 0 Å². The predicted octanol–water partition coefficient (Wildman–Crippen LogP) is 2.97. The second kappa shape index (κ2) is 5.91. The van der Waals surface area contributed by atoms with Crippen molar-refractivity contribution in [1.82, 2.24) is 0 Å². The highest BCUT2D eigenvalue weighted by Gasteiger charge is 2.37. The zero-order valence-electron chi connectivity index (χ0n) is 9.59. The van der Waals surface area contributed by atoms with Crippen LogP contribution in [0.25, 0.3) is 0 Å². The Morgan fingerprint density at radius 3 is 2.29 bits per heavy atom. The molecule has 5 heteroatoms. The van der Waals surface area contributed by atoms with Crippen molar-refractivity contribution in [3.05, 3.63) is 29.8 Å². The maximum atomic E-state index is 12.0. The Morgan fingerprint density at radius 2 is 1.82 bits per heavy atom. The Hall–Kier alpha value is -1.23. The minimum atomic E-state index is -4.57. The number of aryl methyl sites for hydroxylation is 1. The van der Waals surface area contributed by atoms with Crippen molar-refractivity contribution in [3.63, 3.8) is 0 Å². The van der Waals surface area contributed by atoms with Crippen molar-refractivity contribution in [1.29, 1.82) is 0 Å². The molecular formula is C12H16F3NO. The fraction of sp³-hybridized carbons (Fsp3) is 0.500. The molecule has 2 nitrogen and oxygen atoms in total. The van der Waals surface area contributed by atoms with Crippen LogP contribution in [-0.2, 0) is 6.42 Å². The molecule has 0 saturated heterocycles. The normalized spacial score (nSPS) is 13.5. The number of benzene rings is 1. The first-order valence-corrected chi connectivity index (χ1v) is 5.51. The molecule has 0 aliphatic carbocycles. The Labute approximate surface area is 98.5 Å². The van der Waals surface area contributed by atoms with Gasteiger partial charge in [-0.05, 0) is 24.1 Å². The standard InChI is InChI=1S/C12H16F3NO/c1-2-3-9-4-6-10(7-5-9)16-8-11(17)12(13,14)15/h4-7,11,16-17H,2-3,8H2,1H3. The van der Waals surface area contributed by atoms with Crippen LogP contribution in [0.1, 0.15) is 18.9 Å². The average molecular weight is 247 g/mol. The lowest BCUT2D eigenvalue weighted by Crippen LogP contribution is -2.34. The number of nitrogens with one attached hydrogen (secondary N) is 1. The van der Waals surface area contributed by atoms with Crippen molar-refractivity contribution in [2.45, 2.75) is 32.0 Å². The summed E-state index contributed by atoms with van der Waals surface area (Å²) in [5, 5.41) is 11.3. The monoisotopic (exact) mass is 247 g/mol. The number of anilines is 1. The van der Waals surface area contributed by atoms with Crippen molar-refractivity contribution in [2.24, 2.45) is 0 Å². The third-order valence-corrected chi connectivity index (χ3v) is 2.37. The maximum Gasteiger partial charge on any atom is 0.416 e. The molecule has 1 aromatic rings. The molecule has 0 saturated carbocycles. The van der Waals surface area contributed by atoms with Crippen LogP contribution in [0.4, 0.5) is 18.9 Å². The van der Waals surface area contributed by atoms with Crippen molar-refractivity contribution >= 4 is 5.69 Å². The number of hydrogen-bond acceptors (Lipinski definition) is 2. The van der Waals surface area contributed by atoms with E-state index >= 15 is 0 Å². The van der Waals surface area contributed by atoms with Gasteiger partial charge in [0.15, 0.2) is 6.10 Å². The van der Waals surface area contributed by atoms with Crippen LogP contribution in [0, 0.1) is 0 Å². The molecule has 17 heavy (non-hydrogen) atoms. The first kappa shape index (κ1) is 13.8. The van der Waals surface area contributed by atoms with E-state index in [4.69, 9.17) is 5.11 Å². The summed E-state index contributed by atoms with van der Waals surface area (Å²) in [6.45, 7) is 1.53. The lowest BCUT2D eigenvalue weighted by Gasteiger charge is -2.15. The summed E-state index contributed by atoms with van der Waals surface area (Å²) in [5.41, 5.74) is 1.72. The summed E-state index contributed by atoms with van der Waals surface area (Å²) in [6.07, 6.45) is -4.93. The molecule has 0 bridgehead atoms. The van der Waals surface area contributed by atoms with Gasteiger partial charge in [0.05, 0.1) is 0 Å². The SMILES string of the molecule is CCCc1ccc(NCC(O)C(F)(F)F)cc1. The Bertz CT molecular complexity index is 335. The number of alkyl halides is 3. The summed E-state index contributed by atoms with van der Waals surface area (Å²) < 4.78 is 36.1. The maximum absolute atomic E-state index is 12.0. The van der Waals surface area contributed by atoms with E-state index in [1.54, 1.807) is 12.1 Å². The summed E-state index contributed by atoms with van der Waals surface area (Å²) in [4.78, 5) is 0. The number of aliphatic hydroxyl groups is 1. The van der Waals surface area contributed by atoms with Crippen LogP contribution >= 0.6 is 0 Å². The number of rotatable bonds is 5. The second-order valence-electron chi connectivity index (χ2n) is 3.89. The van der Waals surface area contributed by atoms with E-state index in [-0.39, 0.29) is 0 Å². The number of halogens is 3.